The highest BCUT2D eigenvalue weighted by molar-refractivity contribution is 5.19. The Kier molecular flexibility index (Phi) is 6.22. The van der Waals surface area contributed by atoms with Crippen molar-refractivity contribution in [1.82, 2.24) is 10.3 Å². The lowest BCUT2D eigenvalue weighted by Crippen LogP contribution is -2.31. The monoisotopic (exact) mass is 318 g/mol. The van der Waals surface area contributed by atoms with E-state index in [1.807, 2.05) is 0 Å². The molecule has 1 heterocycles. The quantitative estimate of drug-likeness (QED) is 0.824. The number of pyridine rings is 1. The summed E-state index contributed by atoms with van der Waals surface area (Å²) in [7, 11) is 0. The normalized spacial score (nSPS) is 12.6. The zero-order valence-corrected chi connectivity index (χ0v) is 13.9. The molecule has 2 nitrogen and oxygen atoms in total. The van der Waals surface area contributed by atoms with Crippen LogP contribution < -0.4 is 5.32 Å². The number of hydrogen-bond acceptors (Lipinski definition) is 2. The van der Waals surface area contributed by atoms with Crippen LogP contribution in [0, 0.1) is 17.6 Å². The van der Waals surface area contributed by atoms with Gasteiger partial charge >= 0.3 is 0 Å². The summed E-state index contributed by atoms with van der Waals surface area (Å²) in [4.78, 5) is 4.42. The van der Waals surface area contributed by atoms with Crippen LogP contribution in [0.3, 0.4) is 0 Å². The first-order valence-electron chi connectivity index (χ1n) is 8.08. The molecule has 1 N–H and O–H groups in total. The van der Waals surface area contributed by atoms with Crippen LogP contribution in [0.4, 0.5) is 8.78 Å². The summed E-state index contributed by atoms with van der Waals surface area (Å²) in [5.41, 5.74) is 2.35. The van der Waals surface area contributed by atoms with Crippen LogP contribution in [-0.4, -0.2) is 11.0 Å². The molecule has 1 atom stereocenters. The number of nitrogens with one attached hydrogen (secondary N) is 1. The molecule has 0 saturated heterocycles. The van der Waals surface area contributed by atoms with Gasteiger partial charge in [0, 0.05) is 18.3 Å². The Balaban J connectivity index is 1.97. The molecule has 0 amide bonds. The van der Waals surface area contributed by atoms with Crippen molar-refractivity contribution in [3.8, 4) is 0 Å². The van der Waals surface area contributed by atoms with Crippen molar-refractivity contribution < 1.29 is 8.78 Å². The number of aromatic nitrogens is 1. The van der Waals surface area contributed by atoms with Gasteiger partial charge in [0.05, 0.1) is 5.69 Å². The summed E-state index contributed by atoms with van der Waals surface area (Å²) < 4.78 is 26.8. The summed E-state index contributed by atoms with van der Waals surface area (Å²) in [6, 6.07) is 9.95. The van der Waals surface area contributed by atoms with Gasteiger partial charge in [0.25, 0.3) is 0 Å². The molecular weight excluding hydrogens is 294 g/mol. The van der Waals surface area contributed by atoms with Crippen LogP contribution in [0.2, 0.25) is 0 Å². The van der Waals surface area contributed by atoms with Gasteiger partial charge in [-0.1, -0.05) is 26.0 Å². The number of benzene rings is 1. The van der Waals surface area contributed by atoms with Gasteiger partial charge in [0.1, 0.15) is 11.6 Å². The fourth-order valence-electron chi connectivity index (χ4n) is 2.21. The molecule has 1 aromatic heterocycles. The lowest BCUT2D eigenvalue weighted by atomic mass is 10.1. The average molecular weight is 318 g/mol. The fraction of sp³-hybridized carbons (Fsp3) is 0.421. The van der Waals surface area contributed by atoms with E-state index in [1.165, 1.54) is 18.2 Å². The van der Waals surface area contributed by atoms with Crippen molar-refractivity contribution in [1.29, 1.82) is 0 Å². The molecule has 2 rings (SSSR count). The summed E-state index contributed by atoms with van der Waals surface area (Å²) in [6.45, 7) is 6.76. The molecule has 0 aliphatic carbocycles. The SMILES string of the molecule is CC(C)[C@@H](C)NCc1nc(CCc2ccc(F)cc2)ccc1F. The molecule has 0 aliphatic rings. The van der Waals surface area contributed by atoms with Gasteiger partial charge in [-0.2, -0.15) is 0 Å². The predicted molar refractivity (Wildman–Crippen MR) is 89.1 cm³/mol. The van der Waals surface area contributed by atoms with Crippen molar-refractivity contribution in [3.63, 3.8) is 0 Å². The number of nitrogens with zero attached hydrogens (tertiary/aromatic N) is 1. The maximum absolute atomic E-state index is 13.9. The zero-order valence-electron chi connectivity index (χ0n) is 13.9. The van der Waals surface area contributed by atoms with Crippen molar-refractivity contribution >= 4 is 0 Å². The van der Waals surface area contributed by atoms with Crippen molar-refractivity contribution in [2.45, 2.75) is 46.2 Å². The Bertz CT molecular complexity index is 624. The average Bonchev–Trinajstić information content (AvgIpc) is 2.53. The van der Waals surface area contributed by atoms with E-state index < -0.39 is 0 Å². The topological polar surface area (TPSA) is 24.9 Å². The largest absolute Gasteiger partial charge is 0.308 e. The Hall–Kier alpha value is -1.81. The highest BCUT2D eigenvalue weighted by Gasteiger charge is 2.10. The lowest BCUT2D eigenvalue weighted by Gasteiger charge is -2.17. The predicted octanol–water partition coefficient (Wildman–Crippen LogP) is 4.28. The van der Waals surface area contributed by atoms with Gasteiger partial charge in [-0.15, -0.1) is 0 Å². The smallest absolute Gasteiger partial charge is 0.146 e. The third kappa shape index (κ3) is 5.39. The van der Waals surface area contributed by atoms with Crippen LogP contribution in [-0.2, 0) is 19.4 Å². The summed E-state index contributed by atoms with van der Waals surface area (Å²) in [5, 5.41) is 3.30. The summed E-state index contributed by atoms with van der Waals surface area (Å²) >= 11 is 0. The second-order valence-electron chi connectivity index (χ2n) is 6.27. The molecule has 4 heteroatoms. The number of aryl methyl sites for hydroxylation is 2. The minimum atomic E-state index is -0.279. The molecule has 0 radical (unpaired) electrons. The lowest BCUT2D eigenvalue weighted by molar-refractivity contribution is 0.418. The van der Waals surface area contributed by atoms with Gasteiger partial charge in [-0.05, 0) is 55.5 Å². The number of rotatable bonds is 7. The molecule has 0 fully saturated rings. The first-order valence-corrected chi connectivity index (χ1v) is 8.08. The van der Waals surface area contributed by atoms with Crippen LogP contribution in [0.5, 0.6) is 0 Å². The minimum absolute atomic E-state index is 0.235. The molecule has 0 unspecified atom stereocenters. The zero-order chi connectivity index (χ0) is 16.8. The van der Waals surface area contributed by atoms with E-state index in [0.29, 0.717) is 30.6 Å². The molecule has 2 aromatic rings. The van der Waals surface area contributed by atoms with Crippen LogP contribution in [0.1, 0.15) is 37.7 Å². The van der Waals surface area contributed by atoms with Crippen LogP contribution >= 0.6 is 0 Å². The van der Waals surface area contributed by atoms with E-state index in [1.54, 1.807) is 18.2 Å². The van der Waals surface area contributed by atoms with Gasteiger partial charge in [0.15, 0.2) is 0 Å². The van der Waals surface area contributed by atoms with Gasteiger partial charge in [-0.25, -0.2) is 8.78 Å². The van der Waals surface area contributed by atoms with Crippen LogP contribution in [0.25, 0.3) is 0 Å². The second-order valence-corrected chi connectivity index (χ2v) is 6.27. The number of hydrogen-bond donors (Lipinski definition) is 1. The second kappa shape index (κ2) is 8.16. The fourth-order valence-corrected chi connectivity index (χ4v) is 2.21. The van der Waals surface area contributed by atoms with Gasteiger partial charge in [-0.3, -0.25) is 4.98 Å². The molecule has 0 aliphatic heterocycles. The summed E-state index contributed by atoms with van der Waals surface area (Å²) in [5.74, 6) is -0.0278. The highest BCUT2D eigenvalue weighted by Crippen LogP contribution is 2.11. The maximum atomic E-state index is 13.9. The third-order valence-electron chi connectivity index (χ3n) is 4.15. The van der Waals surface area contributed by atoms with Crippen LogP contribution in [0.15, 0.2) is 36.4 Å². The number of halogens is 2. The van der Waals surface area contributed by atoms with E-state index >= 15 is 0 Å². The first-order chi connectivity index (χ1) is 11.0. The van der Waals surface area contributed by atoms with Gasteiger partial charge in [0.2, 0.25) is 0 Å². The summed E-state index contributed by atoms with van der Waals surface area (Å²) in [6.07, 6.45) is 1.47. The Morgan fingerprint density at radius 1 is 0.957 bits per heavy atom. The molecule has 0 bridgehead atoms. The van der Waals surface area contributed by atoms with Gasteiger partial charge < -0.3 is 5.32 Å². The van der Waals surface area contributed by atoms with Crippen molar-refractivity contribution in [2.24, 2.45) is 5.92 Å². The van der Waals surface area contributed by atoms with E-state index in [-0.39, 0.29) is 11.6 Å². The van der Waals surface area contributed by atoms with E-state index in [2.05, 4.69) is 31.1 Å². The molecule has 0 spiro atoms. The van der Waals surface area contributed by atoms with E-state index in [0.717, 1.165) is 17.7 Å². The third-order valence-corrected chi connectivity index (χ3v) is 4.15. The molecular formula is C19H24F2N2. The Labute approximate surface area is 137 Å². The van der Waals surface area contributed by atoms with Crippen molar-refractivity contribution in [2.75, 3.05) is 0 Å². The Morgan fingerprint density at radius 2 is 1.65 bits per heavy atom. The highest BCUT2D eigenvalue weighted by atomic mass is 19.1. The minimum Gasteiger partial charge on any atom is -0.308 e. The van der Waals surface area contributed by atoms with Crippen molar-refractivity contribution in [3.05, 3.63) is 65.0 Å². The molecule has 0 saturated carbocycles. The standard InChI is InChI=1S/C19H24F2N2/c1-13(2)14(3)22-12-19-18(21)11-10-17(23-19)9-6-15-4-7-16(20)8-5-15/h4-5,7-8,10-11,13-14,22H,6,9,12H2,1-3H3/t14-/m1/s1. The molecule has 124 valence electrons. The molecule has 1 aromatic carbocycles. The Morgan fingerprint density at radius 3 is 2.30 bits per heavy atom. The first kappa shape index (κ1) is 17.5. The maximum Gasteiger partial charge on any atom is 0.146 e. The van der Waals surface area contributed by atoms with E-state index in [4.69, 9.17) is 0 Å². The van der Waals surface area contributed by atoms with E-state index in [9.17, 15) is 8.78 Å². The molecule has 23 heavy (non-hydrogen) atoms.